The SMILES string of the molecule is O=C(Nc1cc(C(F)(F)F)cc(C(F)(F)F)c1)c1cc(/C=C/c2ccccc2)ccc1OC(=O)N1CCOCC1. The van der Waals surface area contributed by atoms with Gasteiger partial charge >= 0.3 is 18.4 Å². The molecular formula is C28H22F6N2O4. The molecule has 2 amide bonds. The fourth-order valence-electron chi connectivity index (χ4n) is 3.80. The molecule has 0 aromatic heterocycles. The van der Waals surface area contributed by atoms with Crippen molar-refractivity contribution in [2.45, 2.75) is 12.4 Å². The second-order valence-electron chi connectivity index (χ2n) is 8.72. The van der Waals surface area contributed by atoms with Crippen molar-refractivity contribution in [3.63, 3.8) is 0 Å². The van der Waals surface area contributed by atoms with Crippen LogP contribution >= 0.6 is 0 Å². The Labute approximate surface area is 224 Å². The molecule has 1 N–H and O–H groups in total. The number of nitrogens with zero attached hydrogens (tertiary/aromatic N) is 1. The third-order valence-corrected chi connectivity index (χ3v) is 5.83. The van der Waals surface area contributed by atoms with Crippen molar-refractivity contribution in [3.8, 4) is 5.75 Å². The van der Waals surface area contributed by atoms with Crippen LogP contribution in [0, 0.1) is 0 Å². The second-order valence-corrected chi connectivity index (χ2v) is 8.72. The molecule has 0 bridgehead atoms. The van der Waals surface area contributed by atoms with Crippen LogP contribution in [0.2, 0.25) is 0 Å². The summed E-state index contributed by atoms with van der Waals surface area (Å²) in [6, 6.07) is 14.0. The molecule has 6 nitrogen and oxygen atoms in total. The Hall–Kier alpha value is -4.32. The summed E-state index contributed by atoms with van der Waals surface area (Å²) in [6.07, 6.45) is -7.60. The van der Waals surface area contributed by atoms with Crippen LogP contribution in [0.5, 0.6) is 5.75 Å². The molecule has 0 radical (unpaired) electrons. The Balaban J connectivity index is 1.68. The van der Waals surface area contributed by atoms with Gasteiger partial charge in [0.1, 0.15) is 5.75 Å². The molecular weight excluding hydrogens is 542 g/mol. The van der Waals surface area contributed by atoms with Crippen LogP contribution in [0.3, 0.4) is 0 Å². The summed E-state index contributed by atoms with van der Waals surface area (Å²) in [5.74, 6) is -1.30. The van der Waals surface area contributed by atoms with E-state index in [1.807, 2.05) is 30.3 Å². The monoisotopic (exact) mass is 564 g/mol. The number of rotatable bonds is 5. The highest BCUT2D eigenvalue weighted by Gasteiger charge is 2.37. The number of benzene rings is 3. The number of carbonyl (C=O) groups excluding carboxylic acids is 2. The van der Waals surface area contributed by atoms with Crippen molar-refractivity contribution < 1.29 is 45.4 Å². The fourth-order valence-corrected chi connectivity index (χ4v) is 3.80. The van der Waals surface area contributed by atoms with Gasteiger partial charge in [0, 0.05) is 18.8 Å². The average molecular weight is 564 g/mol. The highest BCUT2D eigenvalue weighted by atomic mass is 19.4. The first kappa shape index (κ1) is 28.7. The molecule has 40 heavy (non-hydrogen) atoms. The number of carbonyl (C=O) groups is 2. The summed E-state index contributed by atoms with van der Waals surface area (Å²) in [5.41, 5.74) is -2.89. The van der Waals surface area contributed by atoms with Gasteiger partial charge in [0.05, 0.1) is 29.9 Å². The van der Waals surface area contributed by atoms with Crippen molar-refractivity contribution >= 4 is 29.8 Å². The van der Waals surface area contributed by atoms with E-state index < -0.39 is 41.2 Å². The third kappa shape index (κ3) is 7.41. The van der Waals surface area contributed by atoms with E-state index in [0.717, 1.165) is 5.56 Å². The zero-order chi connectivity index (χ0) is 28.9. The van der Waals surface area contributed by atoms with E-state index in [-0.39, 0.29) is 43.7 Å². The van der Waals surface area contributed by atoms with Gasteiger partial charge in [-0.1, -0.05) is 48.6 Å². The van der Waals surface area contributed by atoms with Crippen LogP contribution in [-0.2, 0) is 17.1 Å². The van der Waals surface area contributed by atoms with Crippen LogP contribution in [0.25, 0.3) is 12.2 Å². The van der Waals surface area contributed by atoms with Crippen LogP contribution in [0.4, 0.5) is 36.8 Å². The number of halogens is 6. The lowest BCUT2D eigenvalue weighted by molar-refractivity contribution is -0.143. The quantitative estimate of drug-likeness (QED) is 0.268. The Bertz CT molecular complexity index is 1370. The molecule has 4 rings (SSSR count). The Kier molecular flexibility index (Phi) is 8.48. The number of amides is 2. The molecule has 0 atom stereocenters. The Morgan fingerprint density at radius 1 is 0.800 bits per heavy atom. The number of nitrogens with one attached hydrogen (secondary N) is 1. The minimum Gasteiger partial charge on any atom is -0.409 e. The van der Waals surface area contributed by atoms with E-state index in [0.29, 0.717) is 17.7 Å². The molecule has 1 fully saturated rings. The smallest absolute Gasteiger partial charge is 0.409 e. The lowest BCUT2D eigenvalue weighted by atomic mass is 10.1. The lowest BCUT2D eigenvalue weighted by Crippen LogP contribution is -2.42. The minimum absolute atomic E-state index is 0.0415. The van der Waals surface area contributed by atoms with E-state index in [2.05, 4.69) is 5.32 Å². The summed E-state index contributed by atoms with van der Waals surface area (Å²) in [6.45, 7) is 1.04. The number of ether oxygens (including phenoxy) is 2. The first-order valence-electron chi connectivity index (χ1n) is 11.9. The number of alkyl halides is 6. The molecule has 1 aliphatic heterocycles. The van der Waals surface area contributed by atoms with Crippen molar-refractivity contribution in [1.29, 1.82) is 0 Å². The molecule has 3 aromatic rings. The maximum Gasteiger partial charge on any atom is 0.416 e. The van der Waals surface area contributed by atoms with Gasteiger partial charge in [-0.2, -0.15) is 26.3 Å². The molecule has 0 saturated carbocycles. The Morgan fingerprint density at radius 2 is 1.40 bits per heavy atom. The Morgan fingerprint density at radius 3 is 2.00 bits per heavy atom. The molecule has 1 saturated heterocycles. The zero-order valence-corrected chi connectivity index (χ0v) is 20.7. The lowest BCUT2D eigenvalue weighted by Gasteiger charge is -2.26. The van der Waals surface area contributed by atoms with E-state index in [1.165, 1.54) is 17.0 Å². The van der Waals surface area contributed by atoms with Gasteiger partial charge in [-0.25, -0.2) is 4.79 Å². The zero-order valence-electron chi connectivity index (χ0n) is 20.7. The van der Waals surface area contributed by atoms with Crippen molar-refractivity contribution in [2.24, 2.45) is 0 Å². The standard InChI is InChI=1S/C28H22F6N2O4/c29-27(30,31)20-15-21(28(32,33)34)17-22(16-20)35-25(37)23-14-19(7-6-18-4-2-1-3-5-18)8-9-24(23)40-26(38)36-10-12-39-13-11-36/h1-9,14-17H,10-13H2,(H,35,37)/b7-6+. The average Bonchev–Trinajstić information content (AvgIpc) is 2.92. The van der Waals surface area contributed by atoms with Crippen molar-refractivity contribution in [2.75, 3.05) is 31.6 Å². The van der Waals surface area contributed by atoms with E-state index >= 15 is 0 Å². The highest BCUT2D eigenvalue weighted by Crippen LogP contribution is 2.38. The fraction of sp³-hybridized carbons (Fsp3) is 0.214. The van der Waals surface area contributed by atoms with E-state index in [9.17, 15) is 35.9 Å². The normalized spacial score (nSPS) is 14.3. The largest absolute Gasteiger partial charge is 0.416 e. The molecule has 3 aromatic carbocycles. The summed E-state index contributed by atoms with van der Waals surface area (Å²) in [4.78, 5) is 27.2. The molecule has 1 aliphatic rings. The first-order chi connectivity index (χ1) is 18.9. The van der Waals surface area contributed by atoms with Crippen LogP contribution < -0.4 is 10.1 Å². The van der Waals surface area contributed by atoms with Crippen molar-refractivity contribution in [1.82, 2.24) is 4.90 Å². The number of anilines is 1. The topological polar surface area (TPSA) is 67.9 Å². The van der Waals surface area contributed by atoms with Gasteiger partial charge in [-0.3, -0.25) is 4.79 Å². The summed E-state index contributed by atoms with van der Waals surface area (Å²) >= 11 is 0. The van der Waals surface area contributed by atoms with Crippen LogP contribution in [0.15, 0.2) is 66.7 Å². The minimum atomic E-state index is -5.10. The predicted octanol–water partition coefficient (Wildman–Crippen LogP) is 6.98. The second kappa shape index (κ2) is 11.8. The third-order valence-electron chi connectivity index (χ3n) is 5.83. The van der Waals surface area contributed by atoms with Crippen LogP contribution in [0.1, 0.15) is 32.6 Å². The summed E-state index contributed by atoms with van der Waals surface area (Å²) < 4.78 is 90.4. The van der Waals surface area contributed by atoms with Gasteiger partial charge in [0.2, 0.25) is 0 Å². The summed E-state index contributed by atoms with van der Waals surface area (Å²) in [7, 11) is 0. The van der Waals surface area contributed by atoms with Gasteiger partial charge in [0.25, 0.3) is 5.91 Å². The van der Waals surface area contributed by atoms with Gasteiger partial charge in [-0.15, -0.1) is 0 Å². The number of hydrogen-bond donors (Lipinski definition) is 1. The maximum absolute atomic E-state index is 13.3. The highest BCUT2D eigenvalue weighted by molar-refractivity contribution is 6.07. The van der Waals surface area contributed by atoms with E-state index in [4.69, 9.17) is 9.47 Å². The molecule has 210 valence electrons. The predicted molar refractivity (Wildman–Crippen MR) is 135 cm³/mol. The summed E-state index contributed by atoms with van der Waals surface area (Å²) in [5, 5.41) is 2.09. The van der Waals surface area contributed by atoms with Gasteiger partial charge in [-0.05, 0) is 41.5 Å². The first-order valence-corrected chi connectivity index (χ1v) is 11.9. The van der Waals surface area contributed by atoms with Gasteiger partial charge < -0.3 is 19.7 Å². The molecule has 0 aliphatic carbocycles. The molecule has 1 heterocycles. The maximum atomic E-state index is 13.3. The molecule has 0 unspecified atom stereocenters. The molecule has 0 spiro atoms. The number of hydrogen-bond acceptors (Lipinski definition) is 4. The van der Waals surface area contributed by atoms with Crippen molar-refractivity contribution in [3.05, 3.63) is 94.5 Å². The molecule has 12 heteroatoms. The van der Waals surface area contributed by atoms with E-state index in [1.54, 1.807) is 18.2 Å². The van der Waals surface area contributed by atoms with Gasteiger partial charge in [0.15, 0.2) is 0 Å². The van der Waals surface area contributed by atoms with Crippen LogP contribution in [-0.4, -0.2) is 43.2 Å². The number of morpholine rings is 1.